The highest BCUT2D eigenvalue weighted by Crippen LogP contribution is 2.24. The molecular formula is C14H20BrN. The molecule has 0 amide bonds. The Kier molecular flexibility index (Phi) is 4.28. The molecule has 0 heterocycles. The number of anilines is 1. The van der Waals surface area contributed by atoms with Crippen molar-refractivity contribution in [2.45, 2.75) is 51.5 Å². The summed E-state index contributed by atoms with van der Waals surface area (Å²) in [6, 6.07) is 7.24. The van der Waals surface area contributed by atoms with Gasteiger partial charge in [0, 0.05) is 16.2 Å². The third-order valence-electron chi connectivity index (χ3n) is 3.27. The third-order valence-corrected chi connectivity index (χ3v) is 3.73. The minimum absolute atomic E-state index is 0.677. The summed E-state index contributed by atoms with van der Waals surface area (Å²) in [7, 11) is 0. The molecule has 2 rings (SSSR count). The van der Waals surface area contributed by atoms with E-state index in [4.69, 9.17) is 0 Å². The van der Waals surface area contributed by atoms with Crippen LogP contribution in [0.3, 0.4) is 0 Å². The summed E-state index contributed by atoms with van der Waals surface area (Å²) in [6.45, 7) is 2.14. The Bertz CT molecular complexity index is 320. The molecule has 2 heteroatoms. The highest BCUT2D eigenvalue weighted by atomic mass is 79.9. The van der Waals surface area contributed by atoms with Gasteiger partial charge in [-0.2, -0.15) is 0 Å². The number of halogens is 1. The van der Waals surface area contributed by atoms with Crippen LogP contribution in [0.25, 0.3) is 0 Å². The average Bonchev–Trinajstić information content (AvgIpc) is 2.44. The molecule has 88 valence electrons. The number of aryl methyl sites for hydroxylation is 1. The zero-order valence-electron chi connectivity index (χ0n) is 9.93. The molecule has 1 N–H and O–H groups in total. The second kappa shape index (κ2) is 5.72. The summed E-state index contributed by atoms with van der Waals surface area (Å²) < 4.78 is 1.17. The molecule has 1 aliphatic rings. The van der Waals surface area contributed by atoms with Gasteiger partial charge in [-0.05, 0) is 43.5 Å². The first-order chi connectivity index (χ1) is 7.74. The molecule has 0 unspecified atom stereocenters. The number of rotatable bonds is 2. The standard InChI is InChI=1S/C14H20BrN/c1-11-8-12(15)10-14(9-11)16-13-6-4-2-3-5-7-13/h8-10,13,16H,2-7H2,1H3. The summed E-state index contributed by atoms with van der Waals surface area (Å²) in [6.07, 6.45) is 8.23. The van der Waals surface area contributed by atoms with Gasteiger partial charge in [0.25, 0.3) is 0 Å². The average molecular weight is 282 g/mol. The molecule has 1 nitrogen and oxygen atoms in total. The molecule has 1 aromatic rings. The maximum absolute atomic E-state index is 3.67. The van der Waals surface area contributed by atoms with Crippen LogP contribution in [0.2, 0.25) is 0 Å². The summed E-state index contributed by atoms with van der Waals surface area (Å²) in [5.74, 6) is 0. The SMILES string of the molecule is Cc1cc(Br)cc(NC2CCCCCC2)c1. The highest BCUT2D eigenvalue weighted by Gasteiger charge is 2.11. The second-order valence-corrected chi connectivity index (χ2v) is 5.77. The predicted octanol–water partition coefficient (Wildman–Crippen LogP) is 4.89. The molecule has 0 radical (unpaired) electrons. The first-order valence-electron chi connectivity index (χ1n) is 6.28. The van der Waals surface area contributed by atoms with Crippen LogP contribution in [0.4, 0.5) is 5.69 Å². The van der Waals surface area contributed by atoms with E-state index in [1.807, 2.05) is 0 Å². The number of hydrogen-bond donors (Lipinski definition) is 1. The van der Waals surface area contributed by atoms with Crippen molar-refractivity contribution >= 4 is 21.6 Å². The van der Waals surface area contributed by atoms with Crippen LogP contribution < -0.4 is 5.32 Å². The molecule has 0 aromatic heterocycles. The van der Waals surface area contributed by atoms with Crippen LogP contribution in [-0.4, -0.2) is 6.04 Å². The van der Waals surface area contributed by atoms with E-state index in [0.717, 1.165) is 0 Å². The van der Waals surface area contributed by atoms with Crippen LogP contribution in [0.15, 0.2) is 22.7 Å². The number of benzene rings is 1. The van der Waals surface area contributed by atoms with Gasteiger partial charge in [0.15, 0.2) is 0 Å². The Labute approximate surface area is 107 Å². The monoisotopic (exact) mass is 281 g/mol. The molecule has 1 saturated carbocycles. The van der Waals surface area contributed by atoms with Gasteiger partial charge in [0.1, 0.15) is 0 Å². The molecule has 1 aromatic carbocycles. The van der Waals surface area contributed by atoms with E-state index in [-0.39, 0.29) is 0 Å². The minimum Gasteiger partial charge on any atom is -0.382 e. The Morgan fingerprint density at radius 3 is 2.38 bits per heavy atom. The van der Waals surface area contributed by atoms with Crippen LogP contribution in [0, 0.1) is 6.92 Å². The summed E-state index contributed by atoms with van der Waals surface area (Å²) >= 11 is 3.55. The Morgan fingerprint density at radius 1 is 1.06 bits per heavy atom. The fourth-order valence-corrected chi connectivity index (χ4v) is 3.09. The fourth-order valence-electron chi connectivity index (χ4n) is 2.48. The summed E-state index contributed by atoms with van der Waals surface area (Å²) in [5, 5.41) is 3.67. The zero-order valence-corrected chi connectivity index (χ0v) is 11.5. The van der Waals surface area contributed by atoms with Gasteiger partial charge in [0.2, 0.25) is 0 Å². The third kappa shape index (κ3) is 3.51. The van der Waals surface area contributed by atoms with Crippen LogP contribution in [0.1, 0.15) is 44.1 Å². The molecule has 1 fully saturated rings. The van der Waals surface area contributed by atoms with Gasteiger partial charge >= 0.3 is 0 Å². The van der Waals surface area contributed by atoms with Gasteiger partial charge in [-0.15, -0.1) is 0 Å². The molecular weight excluding hydrogens is 262 g/mol. The van der Waals surface area contributed by atoms with Crippen molar-refractivity contribution < 1.29 is 0 Å². The molecule has 0 spiro atoms. The van der Waals surface area contributed by atoms with Gasteiger partial charge in [-0.25, -0.2) is 0 Å². The number of nitrogens with one attached hydrogen (secondary N) is 1. The Balaban J connectivity index is 2.01. The Hall–Kier alpha value is -0.500. The minimum atomic E-state index is 0.677. The molecule has 0 saturated heterocycles. The molecule has 16 heavy (non-hydrogen) atoms. The van der Waals surface area contributed by atoms with E-state index in [9.17, 15) is 0 Å². The lowest BCUT2D eigenvalue weighted by molar-refractivity contribution is 0.620. The predicted molar refractivity (Wildman–Crippen MR) is 74.0 cm³/mol. The highest BCUT2D eigenvalue weighted by molar-refractivity contribution is 9.10. The summed E-state index contributed by atoms with van der Waals surface area (Å²) in [4.78, 5) is 0. The van der Waals surface area contributed by atoms with E-state index >= 15 is 0 Å². The normalized spacial score (nSPS) is 18.1. The summed E-state index contributed by atoms with van der Waals surface area (Å²) in [5.41, 5.74) is 2.57. The smallest absolute Gasteiger partial charge is 0.0356 e. The molecule has 0 atom stereocenters. The van der Waals surface area contributed by atoms with E-state index in [2.05, 4.69) is 46.4 Å². The van der Waals surface area contributed by atoms with E-state index in [1.54, 1.807) is 0 Å². The van der Waals surface area contributed by atoms with E-state index in [0.29, 0.717) is 6.04 Å². The zero-order chi connectivity index (χ0) is 11.4. The van der Waals surface area contributed by atoms with Crippen molar-refractivity contribution in [3.8, 4) is 0 Å². The first-order valence-corrected chi connectivity index (χ1v) is 7.07. The quantitative estimate of drug-likeness (QED) is 0.761. The lowest BCUT2D eigenvalue weighted by Crippen LogP contribution is -2.18. The van der Waals surface area contributed by atoms with Gasteiger partial charge in [-0.1, -0.05) is 41.6 Å². The topological polar surface area (TPSA) is 12.0 Å². The van der Waals surface area contributed by atoms with Crippen LogP contribution >= 0.6 is 15.9 Å². The molecule has 0 bridgehead atoms. The molecule has 1 aliphatic carbocycles. The van der Waals surface area contributed by atoms with Gasteiger partial charge < -0.3 is 5.32 Å². The maximum Gasteiger partial charge on any atom is 0.0356 e. The van der Waals surface area contributed by atoms with E-state index < -0.39 is 0 Å². The lowest BCUT2D eigenvalue weighted by atomic mass is 10.1. The van der Waals surface area contributed by atoms with Gasteiger partial charge in [-0.3, -0.25) is 0 Å². The van der Waals surface area contributed by atoms with Crippen molar-refractivity contribution in [3.63, 3.8) is 0 Å². The first kappa shape index (κ1) is 12.0. The van der Waals surface area contributed by atoms with Crippen LogP contribution in [0.5, 0.6) is 0 Å². The number of hydrogen-bond acceptors (Lipinski definition) is 1. The van der Waals surface area contributed by atoms with Crippen molar-refractivity contribution in [1.29, 1.82) is 0 Å². The van der Waals surface area contributed by atoms with Gasteiger partial charge in [0.05, 0.1) is 0 Å². The molecule has 0 aliphatic heterocycles. The van der Waals surface area contributed by atoms with Crippen molar-refractivity contribution in [1.82, 2.24) is 0 Å². The maximum atomic E-state index is 3.67. The largest absolute Gasteiger partial charge is 0.382 e. The lowest BCUT2D eigenvalue weighted by Gasteiger charge is -2.18. The second-order valence-electron chi connectivity index (χ2n) is 4.85. The fraction of sp³-hybridized carbons (Fsp3) is 0.571. The van der Waals surface area contributed by atoms with Crippen molar-refractivity contribution in [2.75, 3.05) is 5.32 Å². The van der Waals surface area contributed by atoms with E-state index in [1.165, 1.54) is 54.2 Å². The Morgan fingerprint density at radius 2 is 1.75 bits per heavy atom. The van der Waals surface area contributed by atoms with Crippen LogP contribution in [-0.2, 0) is 0 Å². The van der Waals surface area contributed by atoms with Crippen molar-refractivity contribution in [2.24, 2.45) is 0 Å². The van der Waals surface area contributed by atoms with Crippen molar-refractivity contribution in [3.05, 3.63) is 28.2 Å².